The van der Waals surface area contributed by atoms with Crippen LogP contribution in [0.3, 0.4) is 0 Å². The molecule has 1 heterocycles. The van der Waals surface area contributed by atoms with Crippen LogP contribution >= 0.6 is 0 Å². The first-order valence-electron chi connectivity index (χ1n) is 12.2. The number of amides is 1. The van der Waals surface area contributed by atoms with Crippen molar-refractivity contribution in [2.75, 3.05) is 0 Å². The van der Waals surface area contributed by atoms with Crippen molar-refractivity contribution < 1.29 is 9.32 Å². The van der Waals surface area contributed by atoms with Crippen LogP contribution in [0.25, 0.3) is 11.1 Å². The summed E-state index contributed by atoms with van der Waals surface area (Å²) >= 11 is 0. The molecule has 3 N–H and O–H groups in total. The predicted octanol–water partition coefficient (Wildman–Crippen LogP) is 4.39. The second-order valence-electron chi connectivity index (χ2n) is 11.2. The van der Waals surface area contributed by atoms with Crippen molar-refractivity contribution in [1.29, 1.82) is 5.26 Å². The lowest BCUT2D eigenvalue weighted by Gasteiger charge is -2.58. The number of carbonyl (C=O) groups is 1. The maximum absolute atomic E-state index is 12.3. The SMILES string of the molecule is Cc1noc(C)c1-c1ccc(C(C)(C)C(=NC2C3CC4CC2CC(C(N)=O)(C4)C3)NC#N)cc1. The van der Waals surface area contributed by atoms with Crippen LogP contribution in [0.1, 0.15) is 63.0 Å². The summed E-state index contributed by atoms with van der Waals surface area (Å²) in [5.41, 5.74) is 9.05. The second kappa shape index (κ2) is 7.97. The van der Waals surface area contributed by atoms with E-state index in [1.54, 1.807) is 0 Å². The maximum atomic E-state index is 12.3. The molecule has 0 radical (unpaired) electrons. The fourth-order valence-electron chi connectivity index (χ4n) is 7.15. The first-order valence-corrected chi connectivity index (χ1v) is 12.2. The Kier molecular flexibility index (Phi) is 5.31. The molecule has 0 aliphatic heterocycles. The van der Waals surface area contributed by atoms with Crippen molar-refractivity contribution >= 4 is 11.7 Å². The molecule has 1 aromatic heterocycles. The Balaban J connectivity index is 1.45. The van der Waals surface area contributed by atoms with Crippen LogP contribution in [0.15, 0.2) is 33.8 Å². The molecule has 4 fully saturated rings. The van der Waals surface area contributed by atoms with Crippen molar-refractivity contribution in [3.63, 3.8) is 0 Å². The fourth-order valence-corrected chi connectivity index (χ4v) is 7.15. The highest BCUT2D eigenvalue weighted by molar-refractivity contribution is 5.93. The van der Waals surface area contributed by atoms with E-state index in [4.69, 9.17) is 15.2 Å². The highest BCUT2D eigenvalue weighted by atomic mass is 16.5. The third-order valence-electron chi connectivity index (χ3n) is 8.72. The zero-order valence-corrected chi connectivity index (χ0v) is 20.4. The lowest BCUT2D eigenvalue weighted by molar-refractivity contribution is -0.144. The van der Waals surface area contributed by atoms with Crippen LogP contribution in [0, 0.1) is 48.5 Å². The van der Waals surface area contributed by atoms with E-state index in [2.05, 4.69) is 54.8 Å². The van der Waals surface area contributed by atoms with Gasteiger partial charge in [-0.25, -0.2) is 0 Å². The molecule has 34 heavy (non-hydrogen) atoms. The maximum Gasteiger partial charge on any atom is 0.223 e. The Bertz CT molecular complexity index is 1150. The molecule has 0 saturated heterocycles. The number of hydrogen-bond acceptors (Lipinski definition) is 5. The smallest absolute Gasteiger partial charge is 0.223 e. The summed E-state index contributed by atoms with van der Waals surface area (Å²) in [7, 11) is 0. The van der Waals surface area contributed by atoms with Gasteiger partial charge in [0.25, 0.3) is 0 Å². The number of benzene rings is 1. The quantitative estimate of drug-likeness (QED) is 0.298. The number of nitrogens with zero attached hydrogens (tertiary/aromatic N) is 3. The minimum Gasteiger partial charge on any atom is -0.369 e. The molecule has 6 rings (SSSR count). The molecule has 0 spiro atoms. The van der Waals surface area contributed by atoms with Crippen LogP contribution in [0.2, 0.25) is 0 Å². The van der Waals surface area contributed by atoms with Gasteiger partial charge in [-0.05, 0) is 88.7 Å². The molecule has 1 amide bonds. The van der Waals surface area contributed by atoms with Gasteiger partial charge in [-0.2, -0.15) is 5.26 Å². The predicted molar refractivity (Wildman–Crippen MR) is 130 cm³/mol. The first-order chi connectivity index (χ1) is 16.1. The molecule has 7 heteroatoms. The summed E-state index contributed by atoms with van der Waals surface area (Å²) < 4.78 is 5.33. The molecule has 4 aliphatic carbocycles. The number of aryl methyl sites for hydroxylation is 2. The Labute approximate surface area is 200 Å². The molecule has 178 valence electrons. The minimum absolute atomic E-state index is 0.126. The molecule has 2 atom stereocenters. The monoisotopic (exact) mass is 459 g/mol. The largest absolute Gasteiger partial charge is 0.369 e. The van der Waals surface area contributed by atoms with Gasteiger partial charge in [0.1, 0.15) is 11.6 Å². The first kappa shape index (κ1) is 22.6. The van der Waals surface area contributed by atoms with E-state index in [1.807, 2.05) is 13.8 Å². The summed E-state index contributed by atoms with van der Waals surface area (Å²) in [6.07, 6.45) is 6.92. The van der Waals surface area contributed by atoms with E-state index >= 15 is 0 Å². The number of nitrogens with two attached hydrogens (primary N) is 1. The number of hydrogen-bond donors (Lipinski definition) is 2. The molecule has 2 aromatic rings. The van der Waals surface area contributed by atoms with Crippen molar-refractivity contribution in [3.8, 4) is 17.3 Å². The molecule has 4 bridgehead atoms. The Morgan fingerprint density at radius 1 is 1.21 bits per heavy atom. The Morgan fingerprint density at radius 2 is 1.85 bits per heavy atom. The van der Waals surface area contributed by atoms with E-state index in [9.17, 15) is 10.1 Å². The molecular formula is C27H33N5O2. The standard InChI is InChI=1S/C27H33N5O2/c1-15-22(16(2)34-32-15)18-5-7-21(8-6-18)26(3,4)25(30-14-28)31-23-19-9-17-10-20(23)13-27(11-17,12-19)24(29)33/h5-8,17,19-20,23H,9-13H2,1-4H3,(H2,29,33)(H,30,31). The minimum atomic E-state index is -0.483. The Morgan fingerprint density at radius 3 is 2.38 bits per heavy atom. The van der Waals surface area contributed by atoms with Gasteiger partial charge in [0, 0.05) is 16.4 Å². The summed E-state index contributed by atoms with van der Waals surface area (Å²) in [5.74, 6) is 2.63. The van der Waals surface area contributed by atoms with Gasteiger partial charge in [-0.3, -0.25) is 15.1 Å². The molecule has 1 aromatic carbocycles. The zero-order valence-electron chi connectivity index (χ0n) is 20.4. The van der Waals surface area contributed by atoms with Gasteiger partial charge < -0.3 is 10.3 Å². The van der Waals surface area contributed by atoms with Crippen LogP contribution in [0.4, 0.5) is 0 Å². The number of amidine groups is 1. The van der Waals surface area contributed by atoms with E-state index in [-0.39, 0.29) is 17.4 Å². The van der Waals surface area contributed by atoms with Crippen LogP contribution in [0.5, 0.6) is 0 Å². The highest BCUT2D eigenvalue weighted by Crippen LogP contribution is 2.60. The summed E-state index contributed by atoms with van der Waals surface area (Å²) in [6.45, 7) is 8.06. The summed E-state index contributed by atoms with van der Waals surface area (Å²) in [4.78, 5) is 17.5. The highest BCUT2D eigenvalue weighted by Gasteiger charge is 2.58. The van der Waals surface area contributed by atoms with E-state index in [1.165, 1.54) is 0 Å². The van der Waals surface area contributed by atoms with Crippen molar-refractivity contribution in [3.05, 3.63) is 41.3 Å². The molecule has 7 nitrogen and oxygen atoms in total. The van der Waals surface area contributed by atoms with E-state index in [0.717, 1.165) is 60.2 Å². The number of nitriles is 1. The third kappa shape index (κ3) is 3.51. The van der Waals surface area contributed by atoms with E-state index in [0.29, 0.717) is 23.6 Å². The third-order valence-corrected chi connectivity index (χ3v) is 8.72. The number of rotatable bonds is 5. The number of aromatic nitrogens is 1. The summed E-state index contributed by atoms with van der Waals surface area (Å²) in [6, 6.07) is 8.46. The fraction of sp³-hybridized carbons (Fsp3) is 0.556. The van der Waals surface area contributed by atoms with Crippen molar-refractivity contribution in [2.24, 2.45) is 33.9 Å². The van der Waals surface area contributed by atoms with Crippen molar-refractivity contribution in [1.82, 2.24) is 10.5 Å². The summed E-state index contributed by atoms with van der Waals surface area (Å²) in [5, 5.41) is 16.5. The lowest BCUT2D eigenvalue weighted by Crippen LogP contribution is -2.57. The van der Waals surface area contributed by atoms with Gasteiger partial charge in [-0.1, -0.05) is 29.4 Å². The molecule has 4 saturated carbocycles. The average molecular weight is 460 g/mol. The number of aliphatic imine (C=N–C) groups is 1. The molecular weight excluding hydrogens is 426 g/mol. The lowest BCUT2D eigenvalue weighted by atomic mass is 9.47. The van der Waals surface area contributed by atoms with Gasteiger partial charge in [-0.15, -0.1) is 0 Å². The topological polar surface area (TPSA) is 117 Å². The van der Waals surface area contributed by atoms with Crippen LogP contribution in [-0.2, 0) is 10.2 Å². The normalized spacial score (nSPS) is 30.3. The van der Waals surface area contributed by atoms with Gasteiger partial charge in [0.15, 0.2) is 6.19 Å². The van der Waals surface area contributed by atoms with Gasteiger partial charge >= 0.3 is 0 Å². The number of primary amides is 1. The van der Waals surface area contributed by atoms with E-state index < -0.39 is 5.41 Å². The van der Waals surface area contributed by atoms with Crippen molar-refractivity contribution in [2.45, 2.75) is 71.3 Å². The zero-order chi connectivity index (χ0) is 24.3. The number of nitrogens with one attached hydrogen (secondary N) is 1. The average Bonchev–Trinajstić information content (AvgIpc) is 3.12. The second-order valence-corrected chi connectivity index (χ2v) is 11.2. The van der Waals surface area contributed by atoms with Crippen LogP contribution < -0.4 is 11.1 Å². The Hall–Kier alpha value is -3.14. The molecule has 4 aliphatic rings. The number of carbonyl (C=O) groups excluding carboxylic acids is 1. The molecule has 2 unspecified atom stereocenters. The van der Waals surface area contributed by atoms with Gasteiger partial charge in [0.05, 0.1) is 11.7 Å². The van der Waals surface area contributed by atoms with Gasteiger partial charge in [0.2, 0.25) is 5.91 Å². The van der Waals surface area contributed by atoms with Crippen LogP contribution in [-0.4, -0.2) is 22.9 Å².